The molecule has 0 spiro atoms. The van der Waals surface area contributed by atoms with E-state index in [0.717, 1.165) is 0 Å². The summed E-state index contributed by atoms with van der Waals surface area (Å²) in [6.45, 7) is 13.3. The molecule has 0 aliphatic heterocycles. The molecule has 0 saturated heterocycles. The molecule has 0 saturated carbocycles. The summed E-state index contributed by atoms with van der Waals surface area (Å²) in [6, 6.07) is 30.4. The summed E-state index contributed by atoms with van der Waals surface area (Å²) >= 11 is 1.74. The minimum Gasteiger partial charge on any atom is -0.196 e. The van der Waals surface area contributed by atoms with Crippen LogP contribution in [0.1, 0.15) is 22.3 Å². The van der Waals surface area contributed by atoms with Crippen LogP contribution in [0.4, 0.5) is 0 Å². The molecule has 0 aromatic heterocycles. The summed E-state index contributed by atoms with van der Waals surface area (Å²) in [5, 5.41) is 5.23. The van der Waals surface area contributed by atoms with Crippen molar-refractivity contribution in [3.05, 3.63) is 107 Å². The van der Waals surface area contributed by atoms with Gasteiger partial charge in [-0.2, -0.15) is 28.3 Å². The molecular weight excluding hydrogens is 480 g/mol. The molecule has 32 heavy (non-hydrogen) atoms. The van der Waals surface area contributed by atoms with Crippen molar-refractivity contribution in [3.63, 3.8) is 0 Å². The SMILES string of the molecule is C[Si](C)=[Zr+2].Cc1[cH-]c(C)c(C)c1C.c1ccc2cc(-c3c[cH-]c4ccccc34)ccc2c1. The fraction of sp³-hybridized carbons (Fsp3) is 0.200. The number of aryl methyl sites for hydroxylation is 2. The van der Waals surface area contributed by atoms with Gasteiger partial charge in [-0.3, -0.25) is 0 Å². The van der Waals surface area contributed by atoms with Crippen molar-refractivity contribution in [2.45, 2.75) is 40.8 Å². The van der Waals surface area contributed by atoms with Gasteiger partial charge in [0, 0.05) is 0 Å². The smallest absolute Gasteiger partial charge is 0.0184 e. The Hall–Kier alpha value is -2.02. The molecule has 0 radical (unpaired) electrons. The molecule has 0 aliphatic rings. The van der Waals surface area contributed by atoms with Gasteiger partial charge in [-0.15, -0.1) is 46.7 Å². The monoisotopic (exact) mass is 510 g/mol. The van der Waals surface area contributed by atoms with Gasteiger partial charge in [0.2, 0.25) is 0 Å². The summed E-state index contributed by atoms with van der Waals surface area (Å²) in [5.74, 6) is 0. The Balaban J connectivity index is 0.000000186. The zero-order valence-corrected chi connectivity index (χ0v) is 23.5. The second kappa shape index (κ2) is 11.2. The van der Waals surface area contributed by atoms with Crippen molar-refractivity contribution in [2.24, 2.45) is 0 Å². The maximum Gasteiger partial charge on any atom is -0.0184 e. The van der Waals surface area contributed by atoms with Crippen LogP contribution in [0.15, 0.2) is 84.9 Å². The van der Waals surface area contributed by atoms with E-state index < -0.39 is 0 Å². The number of hydrogen-bond acceptors (Lipinski definition) is 0. The molecule has 0 N–H and O–H groups in total. The van der Waals surface area contributed by atoms with Crippen molar-refractivity contribution < 1.29 is 23.3 Å². The molecule has 0 fully saturated rings. The number of benzene rings is 3. The van der Waals surface area contributed by atoms with E-state index in [0.29, 0.717) is 0 Å². The van der Waals surface area contributed by atoms with Crippen molar-refractivity contribution >= 4 is 27.0 Å². The maximum absolute atomic E-state index is 2.31. The first-order valence-corrected chi connectivity index (χ1v) is 17.3. The fourth-order valence-electron chi connectivity index (χ4n) is 3.89. The summed E-state index contributed by atoms with van der Waals surface area (Å²) in [5.41, 5.74) is 8.57. The quantitative estimate of drug-likeness (QED) is 0.156. The molecule has 5 aromatic rings. The number of hydrogen-bond donors (Lipinski definition) is 0. The van der Waals surface area contributed by atoms with Crippen LogP contribution in [-0.4, -0.2) is 5.43 Å². The van der Waals surface area contributed by atoms with Crippen molar-refractivity contribution in [1.82, 2.24) is 0 Å². The molecular formula is C30H32SiZr. The normalized spacial score (nSPS) is 10.4. The third kappa shape index (κ3) is 6.06. The van der Waals surface area contributed by atoms with E-state index >= 15 is 0 Å². The minimum atomic E-state index is 0.210. The average Bonchev–Trinajstić information content (AvgIpc) is 3.30. The molecule has 2 heteroatoms. The summed E-state index contributed by atoms with van der Waals surface area (Å²) < 4.78 is 0. The second-order valence-corrected chi connectivity index (χ2v) is 18.0. The third-order valence-electron chi connectivity index (χ3n) is 5.92. The predicted octanol–water partition coefficient (Wildman–Crippen LogP) is 8.80. The van der Waals surface area contributed by atoms with Gasteiger partial charge in [-0.25, -0.2) is 0 Å². The van der Waals surface area contributed by atoms with E-state index in [1.54, 1.807) is 23.3 Å². The van der Waals surface area contributed by atoms with Crippen molar-refractivity contribution in [3.8, 4) is 11.1 Å². The zero-order valence-electron chi connectivity index (χ0n) is 20.1. The van der Waals surface area contributed by atoms with Gasteiger partial charge in [-0.1, -0.05) is 81.8 Å². The Morgan fingerprint density at radius 1 is 0.719 bits per heavy atom. The first kappa shape index (κ1) is 24.6. The Kier molecular flexibility index (Phi) is 8.63. The van der Waals surface area contributed by atoms with Gasteiger partial charge in [0.05, 0.1) is 0 Å². The largest absolute Gasteiger partial charge is 0.196 e. The number of fused-ring (bicyclic) bond motifs is 2. The first-order chi connectivity index (χ1) is 15.3. The molecule has 0 unspecified atom stereocenters. The van der Waals surface area contributed by atoms with Crippen molar-refractivity contribution in [1.29, 1.82) is 0 Å². The second-order valence-electron chi connectivity index (χ2n) is 8.66. The molecule has 0 atom stereocenters. The molecule has 0 nitrogen and oxygen atoms in total. The number of rotatable bonds is 1. The molecule has 160 valence electrons. The molecule has 0 heterocycles. The third-order valence-corrected chi connectivity index (χ3v) is 5.92. The van der Waals surface area contributed by atoms with Gasteiger partial charge < -0.3 is 0 Å². The van der Waals surface area contributed by atoms with Crippen LogP contribution in [0.2, 0.25) is 13.1 Å². The molecule has 0 aliphatic carbocycles. The van der Waals surface area contributed by atoms with Gasteiger partial charge in [0.15, 0.2) is 0 Å². The standard InChI is InChI=1S/C19H13.C9H13.C2H6Si.Zr/c1-2-7-16-13-17(10-9-14(16)5-1)19-12-11-15-6-3-4-8-18(15)19;1-6-5-7(2)9(4)8(6)3;1-3-2;/h1-13H;5H,1-4H3;1-2H3;/q2*-1;;+2. The van der Waals surface area contributed by atoms with E-state index in [4.69, 9.17) is 0 Å². The Morgan fingerprint density at radius 2 is 1.28 bits per heavy atom. The molecule has 5 rings (SSSR count). The molecule has 0 amide bonds. The van der Waals surface area contributed by atoms with Gasteiger partial charge in [-0.05, 0) is 10.8 Å². The van der Waals surface area contributed by atoms with Crippen LogP contribution in [0.5, 0.6) is 0 Å². The Bertz CT molecular complexity index is 1320. The van der Waals surface area contributed by atoms with Crippen LogP contribution >= 0.6 is 0 Å². The van der Waals surface area contributed by atoms with E-state index in [1.807, 2.05) is 0 Å². The average molecular weight is 512 g/mol. The van der Waals surface area contributed by atoms with Gasteiger partial charge >= 0.3 is 41.9 Å². The van der Waals surface area contributed by atoms with Gasteiger partial charge in [0.1, 0.15) is 0 Å². The molecule has 5 aromatic carbocycles. The van der Waals surface area contributed by atoms with Crippen molar-refractivity contribution in [2.75, 3.05) is 0 Å². The Morgan fingerprint density at radius 3 is 1.88 bits per heavy atom. The first-order valence-electron chi connectivity index (χ1n) is 11.1. The van der Waals surface area contributed by atoms with Crippen LogP contribution in [0, 0.1) is 27.7 Å². The van der Waals surface area contributed by atoms with E-state index in [9.17, 15) is 0 Å². The zero-order chi connectivity index (χ0) is 23.3. The molecule has 0 bridgehead atoms. The Labute approximate surface area is 208 Å². The fourth-order valence-corrected chi connectivity index (χ4v) is 3.89. The van der Waals surface area contributed by atoms with Crippen LogP contribution in [-0.2, 0) is 23.3 Å². The minimum absolute atomic E-state index is 0.210. The summed E-state index contributed by atoms with van der Waals surface area (Å²) in [6.07, 6.45) is 0. The van der Waals surface area contributed by atoms with E-state index in [1.165, 1.54) is 54.9 Å². The maximum atomic E-state index is 2.31. The summed E-state index contributed by atoms with van der Waals surface area (Å²) in [4.78, 5) is 0. The van der Waals surface area contributed by atoms with Gasteiger partial charge in [0.25, 0.3) is 0 Å². The topological polar surface area (TPSA) is 0 Å². The summed E-state index contributed by atoms with van der Waals surface area (Å²) in [7, 11) is 0. The van der Waals surface area contributed by atoms with E-state index in [2.05, 4.69) is 126 Å². The van der Waals surface area contributed by atoms with Crippen LogP contribution in [0.25, 0.3) is 32.7 Å². The van der Waals surface area contributed by atoms with Crippen LogP contribution < -0.4 is 0 Å². The van der Waals surface area contributed by atoms with E-state index in [-0.39, 0.29) is 5.43 Å². The predicted molar refractivity (Wildman–Crippen MR) is 141 cm³/mol. The van der Waals surface area contributed by atoms with Crippen LogP contribution in [0.3, 0.4) is 0 Å².